The van der Waals surface area contributed by atoms with Crippen molar-refractivity contribution in [3.8, 4) is 17.1 Å². The number of rotatable bonds is 5. The molecule has 0 bridgehead atoms. The minimum atomic E-state index is 0.292. The lowest BCUT2D eigenvalue weighted by molar-refractivity contribution is 0.474. The molecule has 2 N–H and O–H groups in total. The van der Waals surface area contributed by atoms with Gasteiger partial charge in [-0.25, -0.2) is 9.97 Å². The molecule has 5 nitrogen and oxygen atoms in total. The fourth-order valence-electron chi connectivity index (χ4n) is 2.34. The number of phenols is 1. The SMILES string of the molecule is Cc1cc(NCCc2cccc(O)c2)nc(-c2ccncc2)n1. The molecule has 23 heavy (non-hydrogen) atoms. The first-order chi connectivity index (χ1) is 11.2. The first-order valence-corrected chi connectivity index (χ1v) is 7.48. The van der Waals surface area contributed by atoms with Gasteiger partial charge in [-0.2, -0.15) is 0 Å². The van der Waals surface area contributed by atoms with E-state index in [9.17, 15) is 5.11 Å². The van der Waals surface area contributed by atoms with Crippen LogP contribution >= 0.6 is 0 Å². The molecule has 3 rings (SSSR count). The minimum absolute atomic E-state index is 0.292. The van der Waals surface area contributed by atoms with E-state index in [1.165, 1.54) is 0 Å². The molecule has 0 radical (unpaired) electrons. The third-order valence-electron chi connectivity index (χ3n) is 3.42. The number of phenolic OH excluding ortho intramolecular Hbond substituents is 1. The molecule has 0 spiro atoms. The van der Waals surface area contributed by atoms with Crippen LogP contribution in [-0.4, -0.2) is 26.6 Å². The van der Waals surface area contributed by atoms with E-state index in [0.717, 1.165) is 35.6 Å². The van der Waals surface area contributed by atoms with Crippen LogP contribution in [0.4, 0.5) is 5.82 Å². The van der Waals surface area contributed by atoms with Gasteiger partial charge in [-0.15, -0.1) is 0 Å². The third-order valence-corrected chi connectivity index (χ3v) is 3.42. The van der Waals surface area contributed by atoms with E-state index in [-0.39, 0.29) is 0 Å². The smallest absolute Gasteiger partial charge is 0.161 e. The molecule has 0 fully saturated rings. The Kier molecular flexibility index (Phi) is 4.47. The lowest BCUT2D eigenvalue weighted by Gasteiger charge is -2.09. The van der Waals surface area contributed by atoms with Crippen LogP contribution in [0.5, 0.6) is 5.75 Å². The number of hydrogen-bond acceptors (Lipinski definition) is 5. The Morgan fingerprint density at radius 3 is 2.65 bits per heavy atom. The van der Waals surface area contributed by atoms with Crippen LogP contribution in [0.1, 0.15) is 11.3 Å². The zero-order valence-electron chi connectivity index (χ0n) is 12.9. The number of aryl methyl sites for hydroxylation is 1. The largest absolute Gasteiger partial charge is 0.508 e. The van der Waals surface area contributed by atoms with E-state index in [2.05, 4.69) is 20.3 Å². The van der Waals surface area contributed by atoms with Crippen LogP contribution in [0, 0.1) is 6.92 Å². The Bertz CT molecular complexity index is 790. The highest BCUT2D eigenvalue weighted by Gasteiger charge is 2.05. The van der Waals surface area contributed by atoms with Gasteiger partial charge >= 0.3 is 0 Å². The summed E-state index contributed by atoms with van der Waals surface area (Å²) in [6, 6.07) is 13.0. The van der Waals surface area contributed by atoms with Gasteiger partial charge in [-0.05, 0) is 43.2 Å². The molecule has 0 unspecified atom stereocenters. The summed E-state index contributed by atoms with van der Waals surface area (Å²) in [6.45, 7) is 2.68. The van der Waals surface area contributed by atoms with Crippen LogP contribution in [0.2, 0.25) is 0 Å². The van der Waals surface area contributed by atoms with Crippen molar-refractivity contribution in [2.75, 3.05) is 11.9 Å². The molecule has 0 amide bonds. The summed E-state index contributed by atoms with van der Waals surface area (Å²) in [6.07, 6.45) is 4.27. The number of aromatic hydroxyl groups is 1. The summed E-state index contributed by atoms with van der Waals surface area (Å²) in [5.41, 5.74) is 2.93. The van der Waals surface area contributed by atoms with Gasteiger partial charge < -0.3 is 10.4 Å². The Labute approximate surface area is 135 Å². The topological polar surface area (TPSA) is 70.9 Å². The summed E-state index contributed by atoms with van der Waals surface area (Å²) in [4.78, 5) is 13.0. The van der Waals surface area contributed by atoms with Crippen LogP contribution in [0.3, 0.4) is 0 Å². The number of pyridine rings is 1. The quantitative estimate of drug-likeness (QED) is 0.757. The van der Waals surface area contributed by atoms with Gasteiger partial charge in [0.15, 0.2) is 5.82 Å². The summed E-state index contributed by atoms with van der Waals surface area (Å²) in [7, 11) is 0. The highest BCUT2D eigenvalue weighted by Crippen LogP contribution is 2.17. The first kappa shape index (κ1) is 15.0. The number of benzene rings is 1. The molecule has 0 aliphatic rings. The van der Waals surface area contributed by atoms with Gasteiger partial charge in [-0.1, -0.05) is 12.1 Å². The standard InChI is InChI=1S/C18H18N4O/c1-13-11-17(20-10-5-14-3-2-4-16(23)12-14)22-18(21-13)15-6-8-19-9-7-15/h2-4,6-9,11-12,23H,5,10H2,1H3,(H,20,21,22). The maximum atomic E-state index is 9.48. The van der Waals surface area contributed by atoms with Crippen molar-refractivity contribution >= 4 is 5.82 Å². The van der Waals surface area contributed by atoms with E-state index >= 15 is 0 Å². The van der Waals surface area contributed by atoms with Crippen molar-refractivity contribution in [1.29, 1.82) is 0 Å². The average molecular weight is 306 g/mol. The predicted molar refractivity (Wildman–Crippen MR) is 90.3 cm³/mol. The summed E-state index contributed by atoms with van der Waals surface area (Å²) in [5, 5.41) is 12.8. The molecular formula is C18H18N4O. The zero-order chi connectivity index (χ0) is 16.1. The maximum Gasteiger partial charge on any atom is 0.161 e. The highest BCUT2D eigenvalue weighted by atomic mass is 16.3. The van der Waals surface area contributed by atoms with Crippen molar-refractivity contribution < 1.29 is 5.11 Å². The van der Waals surface area contributed by atoms with Crippen LogP contribution in [0.25, 0.3) is 11.4 Å². The molecule has 0 aliphatic carbocycles. The Balaban J connectivity index is 1.70. The summed E-state index contributed by atoms with van der Waals surface area (Å²) >= 11 is 0. The third kappa shape index (κ3) is 4.03. The van der Waals surface area contributed by atoms with Gasteiger partial charge in [-0.3, -0.25) is 4.98 Å². The van der Waals surface area contributed by atoms with Crippen LogP contribution < -0.4 is 5.32 Å². The lowest BCUT2D eigenvalue weighted by atomic mass is 10.1. The Morgan fingerprint density at radius 1 is 1.04 bits per heavy atom. The van der Waals surface area contributed by atoms with Gasteiger partial charge in [0.05, 0.1) is 0 Å². The van der Waals surface area contributed by atoms with Crippen molar-refractivity contribution in [1.82, 2.24) is 15.0 Å². The van der Waals surface area contributed by atoms with E-state index < -0.39 is 0 Å². The molecule has 3 aromatic rings. The molecular weight excluding hydrogens is 288 g/mol. The lowest BCUT2D eigenvalue weighted by Crippen LogP contribution is -2.07. The van der Waals surface area contributed by atoms with Crippen molar-refractivity contribution in [2.45, 2.75) is 13.3 Å². The number of anilines is 1. The molecule has 2 aromatic heterocycles. The zero-order valence-corrected chi connectivity index (χ0v) is 12.9. The number of nitrogens with zero attached hydrogens (tertiary/aromatic N) is 3. The highest BCUT2D eigenvalue weighted by molar-refractivity contribution is 5.56. The fourth-order valence-corrected chi connectivity index (χ4v) is 2.34. The Morgan fingerprint density at radius 2 is 1.87 bits per heavy atom. The molecule has 0 atom stereocenters. The minimum Gasteiger partial charge on any atom is -0.508 e. The number of aromatic nitrogens is 3. The summed E-state index contributed by atoms with van der Waals surface area (Å²) in [5.74, 6) is 1.78. The second-order valence-corrected chi connectivity index (χ2v) is 5.30. The van der Waals surface area contributed by atoms with Gasteiger partial charge in [0, 0.05) is 36.3 Å². The monoisotopic (exact) mass is 306 g/mol. The van der Waals surface area contributed by atoms with Crippen molar-refractivity contribution in [3.05, 3.63) is 66.1 Å². The molecule has 116 valence electrons. The van der Waals surface area contributed by atoms with E-state index in [1.54, 1.807) is 24.5 Å². The molecule has 2 heterocycles. The van der Waals surface area contributed by atoms with E-state index in [4.69, 9.17) is 0 Å². The van der Waals surface area contributed by atoms with Gasteiger partial charge in [0.2, 0.25) is 0 Å². The van der Waals surface area contributed by atoms with Crippen molar-refractivity contribution in [2.24, 2.45) is 0 Å². The molecule has 0 aliphatic heterocycles. The molecule has 0 saturated heterocycles. The molecule has 0 saturated carbocycles. The van der Waals surface area contributed by atoms with Crippen LogP contribution in [0.15, 0.2) is 54.9 Å². The predicted octanol–water partition coefficient (Wildman–Crippen LogP) is 3.21. The second-order valence-electron chi connectivity index (χ2n) is 5.30. The molecule has 1 aromatic carbocycles. The maximum absolute atomic E-state index is 9.48. The first-order valence-electron chi connectivity index (χ1n) is 7.48. The number of hydrogen-bond donors (Lipinski definition) is 2. The van der Waals surface area contributed by atoms with Gasteiger partial charge in [0.25, 0.3) is 0 Å². The van der Waals surface area contributed by atoms with Gasteiger partial charge in [0.1, 0.15) is 11.6 Å². The second kappa shape index (κ2) is 6.87. The Hall–Kier alpha value is -2.95. The average Bonchev–Trinajstić information content (AvgIpc) is 2.55. The normalized spacial score (nSPS) is 10.5. The van der Waals surface area contributed by atoms with Crippen LogP contribution in [-0.2, 0) is 6.42 Å². The van der Waals surface area contributed by atoms with E-state index in [0.29, 0.717) is 11.6 Å². The van der Waals surface area contributed by atoms with E-state index in [1.807, 2.05) is 37.3 Å². The molecule has 5 heteroatoms. The number of nitrogens with one attached hydrogen (secondary N) is 1. The fraction of sp³-hybridized carbons (Fsp3) is 0.167. The summed E-state index contributed by atoms with van der Waals surface area (Å²) < 4.78 is 0. The van der Waals surface area contributed by atoms with Crippen molar-refractivity contribution in [3.63, 3.8) is 0 Å².